The SMILES string of the molecule is O=C(CCc1nc(CSc2nc(-c3ccccc3)cs2)no1)Nc1nccs1. The van der Waals surface area contributed by atoms with Crippen LogP contribution in [0.1, 0.15) is 18.1 Å². The molecule has 0 spiro atoms. The third-order valence-electron chi connectivity index (χ3n) is 3.63. The van der Waals surface area contributed by atoms with Gasteiger partial charge >= 0.3 is 0 Å². The lowest BCUT2D eigenvalue weighted by Gasteiger charge is -1.98. The summed E-state index contributed by atoms with van der Waals surface area (Å²) in [6.07, 6.45) is 2.30. The molecule has 0 saturated carbocycles. The van der Waals surface area contributed by atoms with Crippen LogP contribution >= 0.6 is 34.4 Å². The molecule has 0 atom stereocenters. The summed E-state index contributed by atoms with van der Waals surface area (Å²) in [7, 11) is 0. The number of amides is 1. The topological polar surface area (TPSA) is 93.8 Å². The fraction of sp³-hybridized carbons (Fsp3) is 0.167. The highest BCUT2D eigenvalue weighted by Gasteiger charge is 2.12. The van der Waals surface area contributed by atoms with Crippen LogP contribution in [0.4, 0.5) is 5.13 Å². The number of carbonyl (C=O) groups is 1. The number of aryl methyl sites for hydroxylation is 1. The molecule has 4 rings (SSSR count). The van der Waals surface area contributed by atoms with Crippen molar-refractivity contribution in [2.45, 2.75) is 22.9 Å². The van der Waals surface area contributed by atoms with Crippen molar-refractivity contribution in [3.8, 4) is 11.3 Å². The standard InChI is InChI=1S/C18H15N5O2S3/c24-15(22-17-19-8-9-26-17)6-7-16-21-14(23-25-16)11-28-18-20-13(10-27-18)12-4-2-1-3-5-12/h1-5,8-10H,6-7,11H2,(H,19,22,24). The summed E-state index contributed by atoms with van der Waals surface area (Å²) in [5.41, 5.74) is 2.07. The third kappa shape index (κ3) is 5.03. The van der Waals surface area contributed by atoms with Gasteiger partial charge in [-0.3, -0.25) is 4.79 Å². The number of aromatic nitrogens is 4. The Morgan fingerprint density at radius 2 is 2.07 bits per heavy atom. The smallest absolute Gasteiger partial charge is 0.227 e. The second-order valence-electron chi connectivity index (χ2n) is 5.64. The zero-order chi connectivity index (χ0) is 19.2. The van der Waals surface area contributed by atoms with Crippen molar-refractivity contribution in [2.75, 3.05) is 5.32 Å². The molecular formula is C18H15N5O2S3. The summed E-state index contributed by atoms with van der Waals surface area (Å²) in [5, 5.41) is 11.1. The van der Waals surface area contributed by atoms with Crippen LogP contribution in [0.3, 0.4) is 0 Å². The predicted octanol–water partition coefficient (Wildman–Crippen LogP) is 4.51. The molecule has 10 heteroatoms. The van der Waals surface area contributed by atoms with Gasteiger partial charge in [-0.05, 0) is 0 Å². The number of nitrogens with zero attached hydrogens (tertiary/aromatic N) is 4. The maximum Gasteiger partial charge on any atom is 0.227 e. The molecule has 0 aliphatic carbocycles. The molecule has 1 amide bonds. The summed E-state index contributed by atoms with van der Waals surface area (Å²) in [5.74, 6) is 1.49. The molecule has 3 heterocycles. The Balaban J connectivity index is 1.26. The van der Waals surface area contributed by atoms with Crippen LogP contribution in [0.2, 0.25) is 0 Å². The predicted molar refractivity (Wildman–Crippen MR) is 110 cm³/mol. The number of thioether (sulfide) groups is 1. The van der Waals surface area contributed by atoms with Crippen molar-refractivity contribution >= 4 is 45.5 Å². The third-order valence-corrected chi connectivity index (χ3v) is 6.34. The largest absolute Gasteiger partial charge is 0.339 e. The minimum atomic E-state index is -0.125. The Morgan fingerprint density at radius 3 is 2.89 bits per heavy atom. The highest BCUT2D eigenvalue weighted by atomic mass is 32.2. The van der Waals surface area contributed by atoms with Crippen LogP contribution in [0.25, 0.3) is 11.3 Å². The Morgan fingerprint density at radius 1 is 1.18 bits per heavy atom. The van der Waals surface area contributed by atoms with Crippen molar-refractivity contribution in [1.82, 2.24) is 20.1 Å². The van der Waals surface area contributed by atoms with E-state index in [1.54, 1.807) is 29.3 Å². The van der Waals surface area contributed by atoms with E-state index in [0.717, 1.165) is 15.6 Å². The number of rotatable bonds is 8. The molecule has 142 valence electrons. The van der Waals surface area contributed by atoms with Crippen molar-refractivity contribution < 1.29 is 9.32 Å². The molecule has 0 bridgehead atoms. The van der Waals surface area contributed by atoms with Crippen LogP contribution in [-0.2, 0) is 17.0 Å². The van der Waals surface area contributed by atoms with Gasteiger partial charge in [0.25, 0.3) is 0 Å². The van der Waals surface area contributed by atoms with Crippen LogP contribution in [-0.4, -0.2) is 26.0 Å². The molecular weight excluding hydrogens is 414 g/mol. The van der Waals surface area contributed by atoms with Crippen molar-refractivity contribution in [2.24, 2.45) is 0 Å². The number of nitrogens with one attached hydrogen (secondary N) is 1. The van der Waals surface area contributed by atoms with Gasteiger partial charge in [0.15, 0.2) is 15.3 Å². The van der Waals surface area contributed by atoms with Crippen LogP contribution in [0, 0.1) is 0 Å². The van der Waals surface area contributed by atoms with Gasteiger partial charge in [-0.1, -0.05) is 47.3 Å². The average Bonchev–Trinajstić information content (AvgIpc) is 3.47. The van der Waals surface area contributed by atoms with Gasteiger partial charge in [0.2, 0.25) is 11.8 Å². The molecule has 7 nitrogen and oxygen atoms in total. The summed E-state index contributed by atoms with van der Waals surface area (Å²) >= 11 is 4.54. The van der Waals surface area contributed by atoms with Gasteiger partial charge in [0.05, 0.1) is 11.4 Å². The van der Waals surface area contributed by atoms with E-state index in [4.69, 9.17) is 4.52 Å². The fourth-order valence-electron chi connectivity index (χ4n) is 2.33. The van der Waals surface area contributed by atoms with Gasteiger partial charge in [-0.15, -0.1) is 22.7 Å². The van der Waals surface area contributed by atoms with E-state index in [0.29, 0.717) is 29.0 Å². The Bertz CT molecular complexity index is 1030. The molecule has 0 radical (unpaired) electrons. The maximum absolute atomic E-state index is 11.9. The van der Waals surface area contributed by atoms with Gasteiger partial charge in [-0.25, -0.2) is 9.97 Å². The minimum Gasteiger partial charge on any atom is -0.339 e. The van der Waals surface area contributed by atoms with E-state index >= 15 is 0 Å². The first-order chi connectivity index (χ1) is 13.8. The van der Waals surface area contributed by atoms with E-state index < -0.39 is 0 Å². The van der Waals surface area contributed by atoms with E-state index in [1.165, 1.54) is 11.3 Å². The van der Waals surface area contributed by atoms with Crippen LogP contribution in [0.5, 0.6) is 0 Å². The molecule has 1 N–H and O–H groups in total. The minimum absolute atomic E-state index is 0.125. The summed E-state index contributed by atoms with van der Waals surface area (Å²) in [6.45, 7) is 0. The van der Waals surface area contributed by atoms with E-state index in [-0.39, 0.29) is 12.3 Å². The number of anilines is 1. The summed E-state index contributed by atoms with van der Waals surface area (Å²) in [4.78, 5) is 24.9. The van der Waals surface area contributed by atoms with E-state index in [9.17, 15) is 4.79 Å². The number of thiazole rings is 2. The normalized spacial score (nSPS) is 10.9. The second-order valence-corrected chi connectivity index (χ2v) is 8.62. The van der Waals surface area contributed by atoms with Crippen molar-refractivity contribution in [1.29, 1.82) is 0 Å². The second kappa shape index (κ2) is 9.09. The molecule has 0 saturated heterocycles. The van der Waals surface area contributed by atoms with Gasteiger partial charge in [0.1, 0.15) is 0 Å². The van der Waals surface area contributed by atoms with Gasteiger partial charge in [0, 0.05) is 35.4 Å². The average molecular weight is 430 g/mol. The molecule has 1 aromatic carbocycles. The number of hydrogen-bond donors (Lipinski definition) is 1. The van der Waals surface area contributed by atoms with Crippen LogP contribution < -0.4 is 5.32 Å². The summed E-state index contributed by atoms with van der Waals surface area (Å²) < 4.78 is 6.18. The van der Waals surface area contributed by atoms with Gasteiger partial charge in [-0.2, -0.15) is 4.98 Å². The quantitative estimate of drug-likeness (QED) is 0.412. The van der Waals surface area contributed by atoms with E-state index in [1.807, 2.05) is 41.1 Å². The van der Waals surface area contributed by atoms with Gasteiger partial charge < -0.3 is 9.84 Å². The molecule has 28 heavy (non-hydrogen) atoms. The lowest BCUT2D eigenvalue weighted by atomic mass is 10.2. The lowest BCUT2D eigenvalue weighted by molar-refractivity contribution is -0.116. The molecule has 0 aliphatic rings. The summed E-state index contributed by atoms with van der Waals surface area (Å²) in [6, 6.07) is 10.1. The molecule has 0 aliphatic heterocycles. The molecule has 3 aromatic heterocycles. The lowest BCUT2D eigenvalue weighted by Crippen LogP contribution is -2.12. The van der Waals surface area contributed by atoms with Crippen molar-refractivity contribution in [3.05, 3.63) is 59.0 Å². The number of hydrogen-bond acceptors (Lipinski definition) is 9. The fourth-order valence-corrected chi connectivity index (χ4v) is 4.55. The highest BCUT2D eigenvalue weighted by Crippen LogP contribution is 2.29. The highest BCUT2D eigenvalue weighted by molar-refractivity contribution is 8.00. The Labute approximate surface area is 173 Å². The number of carbonyl (C=O) groups excluding carboxylic acids is 1. The molecule has 0 fully saturated rings. The van der Waals surface area contributed by atoms with Crippen LogP contribution in [0.15, 0.2) is 56.2 Å². The molecule has 4 aromatic rings. The first-order valence-corrected chi connectivity index (χ1v) is 11.2. The van der Waals surface area contributed by atoms with E-state index in [2.05, 4.69) is 25.4 Å². The maximum atomic E-state index is 11.9. The first kappa shape index (κ1) is 18.8. The monoisotopic (exact) mass is 429 g/mol. The Kier molecular flexibility index (Phi) is 6.10. The zero-order valence-corrected chi connectivity index (χ0v) is 17.0. The molecule has 0 unspecified atom stereocenters. The zero-order valence-electron chi connectivity index (χ0n) is 14.6. The Hall–Kier alpha value is -2.56. The number of benzene rings is 1. The first-order valence-electron chi connectivity index (χ1n) is 8.41. The van der Waals surface area contributed by atoms with Crippen molar-refractivity contribution in [3.63, 3.8) is 0 Å².